The number of rotatable bonds is 3. The fraction of sp³-hybridized carbons (Fsp3) is 0.583. The predicted octanol–water partition coefficient (Wildman–Crippen LogP) is 1.28. The molecule has 1 aromatic heterocycles. The average Bonchev–Trinajstić information content (AvgIpc) is 2.24. The van der Waals surface area contributed by atoms with Crippen molar-refractivity contribution in [2.75, 3.05) is 13.6 Å². The monoisotopic (exact) mass is 269 g/mol. The number of carbonyl (C=O) groups excluding carboxylic acids is 1. The van der Waals surface area contributed by atoms with E-state index in [1.54, 1.807) is 24.9 Å². The molecular formula is C12H16ClN3O2. The second-order valence-corrected chi connectivity index (χ2v) is 5.18. The van der Waals surface area contributed by atoms with E-state index in [9.17, 15) is 9.90 Å². The molecule has 5 nitrogen and oxygen atoms in total. The maximum atomic E-state index is 12.1. The first-order valence-electron chi connectivity index (χ1n) is 5.90. The van der Waals surface area contributed by atoms with E-state index in [4.69, 9.17) is 11.6 Å². The van der Waals surface area contributed by atoms with E-state index >= 15 is 0 Å². The van der Waals surface area contributed by atoms with Gasteiger partial charge >= 0.3 is 0 Å². The van der Waals surface area contributed by atoms with Crippen LogP contribution < -0.4 is 0 Å². The Morgan fingerprint density at radius 2 is 2.22 bits per heavy atom. The summed E-state index contributed by atoms with van der Waals surface area (Å²) in [5.41, 5.74) is 0.987. The molecular weight excluding hydrogens is 254 g/mol. The Kier molecular flexibility index (Phi) is 3.82. The van der Waals surface area contributed by atoms with Crippen molar-refractivity contribution in [3.8, 4) is 0 Å². The lowest BCUT2D eigenvalue weighted by atomic mass is 9.82. The van der Waals surface area contributed by atoms with Gasteiger partial charge in [-0.15, -0.1) is 0 Å². The number of nitrogens with zero attached hydrogens (tertiary/aromatic N) is 3. The zero-order valence-electron chi connectivity index (χ0n) is 10.4. The van der Waals surface area contributed by atoms with Gasteiger partial charge < -0.3 is 10.0 Å². The molecule has 1 aliphatic carbocycles. The van der Waals surface area contributed by atoms with Gasteiger partial charge in [0.25, 0.3) is 5.91 Å². The highest BCUT2D eigenvalue weighted by Crippen LogP contribution is 2.27. The molecule has 98 valence electrons. The highest BCUT2D eigenvalue weighted by molar-refractivity contribution is 6.28. The Bertz CT molecular complexity index is 440. The molecule has 1 heterocycles. The third kappa shape index (κ3) is 2.97. The molecule has 0 atom stereocenters. The molecule has 0 radical (unpaired) electrons. The summed E-state index contributed by atoms with van der Waals surface area (Å²) in [5.74, 6) is 0.219. The number of hydrogen-bond donors (Lipinski definition) is 1. The molecule has 1 saturated carbocycles. The van der Waals surface area contributed by atoms with Crippen molar-refractivity contribution in [2.45, 2.75) is 25.9 Å². The molecule has 0 spiro atoms. The Morgan fingerprint density at radius 3 is 2.78 bits per heavy atom. The van der Waals surface area contributed by atoms with E-state index in [-0.39, 0.29) is 17.3 Å². The highest BCUT2D eigenvalue weighted by atomic mass is 35.5. The van der Waals surface area contributed by atoms with Crippen LogP contribution in [0, 0.1) is 12.8 Å². The third-order valence-corrected chi connectivity index (χ3v) is 3.30. The van der Waals surface area contributed by atoms with E-state index in [1.165, 1.54) is 0 Å². The van der Waals surface area contributed by atoms with Crippen molar-refractivity contribution in [3.63, 3.8) is 0 Å². The highest BCUT2D eigenvalue weighted by Gasteiger charge is 2.29. The van der Waals surface area contributed by atoms with Crippen LogP contribution in [0.2, 0.25) is 5.28 Å². The molecule has 1 N–H and O–H groups in total. The van der Waals surface area contributed by atoms with Crippen molar-refractivity contribution in [1.82, 2.24) is 14.9 Å². The smallest absolute Gasteiger partial charge is 0.272 e. The van der Waals surface area contributed by atoms with Crippen molar-refractivity contribution in [1.29, 1.82) is 0 Å². The van der Waals surface area contributed by atoms with Gasteiger partial charge in [-0.3, -0.25) is 4.79 Å². The summed E-state index contributed by atoms with van der Waals surface area (Å²) in [6.07, 6.45) is 1.33. The topological polar surface area (TPSA) is 66.3 Å². The molecule has 1 aliphatic rings. The number of aliphatic hydroxyl groups excluding tert-OH is 1. The first kappa shape index (κ1) is 13.2. The summed E-state index contributed by atoms with van der Waals surface area (Å²) in [5, 5.41) is 9.31. The number of amides is 1. The maximum absolute atomic E-state index is 12.1. The van der Waals surface area contributed by atoms with Crippen LogP contribution in [0.1, 0.15) is 29.0 Å². The first-order valence-corrected chi connectivity index (χ1v) is 6.28. The van der Waals surface area contributed by atoms with Crippen molar-refractivity contribution in [3.05, 3.63) is 22.7 Å². The summed E-state index contributed by atoms with van der Waals surface area (Å²) in [7, 11) is 1.73. The predicted molar refractivity (Wildman–Crippen MR) is 67.5 cm³/mol. The third-order valence-electron chi connectivity index (χ3n) is 3.14. The van der Waals surface area contributed by atoms with Gasteiger partial charge in [0.1, 0.15) is 5.69 Å². The number of halogens is 1. The molecule has 18 heavy (non-hydrogen) atoms. The first-order chi connectivity index (χ1) is 8.45. The molecule has 1 amide bonds. The largest absolute Gasteiger partial charge is 0.393 e. The number of aliphatic hydroxyl groups is 1. The Balaban J connectivity index is 2.01. The fourth-order valence-corrected chi connectivity index (χ4v) is 2.38. The van der Waals surface area contributed by atoms with Gasteiger partial charge in [0, 0.05) is 19.3 Å². The molecule has 6 heteroatoms. The average molecular weight is 270 g/mol. The van der Waals surface area contributed by atoms with Crippen LogP contribution in [-0.4, -0.2) is 45.6 Å². The van der Waals surface area contributed by atoms with Crippen molar-refractivity contribution in [2.24, 2.45) is 5.92 Å². The van der Waals surface area contributed by atoms with Gasteiger partial charge in [-0.25, -0.2) is 9.97 Å². The summed E-state index contributed by atoms with van der Waals surface area (Å²) in [4.78, 5) is 21.6. The van der Waals surface area contributed by atoms with Gasteiger partial charge in [-0.1, -0.05) is 0 Å². The standard InChI is InChI=1S/C12H16ClN3O2/c1-7-3-10(15-12(13)14-7)11(18)16(2)6-8-4-9(17)5-8/h3,8-9,17H,4-6H2,1-2H3. The molecule has 0 unspecified atom stereocenters. The van der Waals surface area contributed by atoms with E-state index < -0.39 is 0 Å². The Hall–Kier alpha value is -1.20. The van der Waals surface area contributed by atoms with Gasteiger partial charge in [-0.2, -0.15) is 0 Å². The van der Waals surface area contributed by atoms with E-state index in [1.807, 2.05) is 0 Å². The Labute approximate surface area is 111 Å². The lowest BCUT2D eigenvalue weighted by molar-refractivity contribution is 0.0264. The number of carbonyl (C=O) groups is 1. The minimum atomic E-state index is -0.200. The lowest BCUT2D eigenvalue weighted by Crippen LogP contribution is -2.39. The van der Waals surface area contributed by atoms with E-state index in [0.717, 1.165) is 12.8 Å². The molecule has 1 aromatic rings. The molecule has 1 fully saturated rings. The lowest BCUT2D eigenvalue weighted by Gasteiger charge is -2.34. The van der Waals surface area contributed by atoms with Gasteiger partial charge in [-0.05, 0) is 43.4 Å². The quantitative estimate of drug-likeness (QED) is 0.840. The maximum Gasteiger partial charge on any atom is 0.272 e. The van der Waals surface area contributed by atoms with Crippen LogP contribution in [0.3, 0.4) is 0 Å². The van der Waals surface area contributed by atoms with Crippen molar-refractivity contribution >= 4 is 17.5 Å². The second kappa shape index (κ2) is 5.20. The van der Waals surface area contributed by atoms with Crippen LogP contribution in [0.5, 0.6) is 0 Å². The minimum absolute atomic E-state index is 0.0887. The van der Waals surface area contributed by atoms with Crippen molar-refractivity contribution < 1.29 is 9.90 Å². The molecule has 0 saturated heterocycles. The zero-order chi connectivity index (χ0) is 13.3. The minimum Gasteiger partial charge on any atom is -0.393 e. The van der Waals surface area contributed by atoms with Crippen LogP contribution >= 0.6 is 11.6 Å². The fourth-order valence-electron chi connectivity index (χ4n) is 2.16. The molecule has 0 aliphatic heterocycles. The van der Waals surface area contributed by atoms with Crippen LogP contribution in [0.25, 0.3) is 0 Å². The summed E-state index contributed by atoms with van der Waals surface area (Å²) in [6.45, 7) is 2.41. The molecule has 0 bridgehead atoms. The van der Waals surface area contributed by atoms with E-state index in [0.29, 0.717) is 23.9 Å². The zero-order valence-corrected chi connectivity index (χ0v) is 11.2. The van der Waals surface area contributed by atoms with Gasteiger partial charge in [0.2, 0.25) is 5.28 Å². The Morgan fingerprint density at radius 1 is 1.56 bits per heavy atom. The number of aromatic nitrogens is 2. The second-order valence-electron chi connectivity index (χ2n) is 4.84. The summed E-state index contributed by atoms with van der Waals surface area (Å²) < 4.78 is 0. The van der Waals surface area contributed by atoms with Gasteiger partial charge in [0.05, 0.1) is 6.10 Å². The normalized spacial score (nSPS) is 22.4. The molecule has 0 aromatic carbocycles. The van der Waals surface area contributed by atoms with Crippen LogP contribution in [-0.2, 0) is 0 Å². The van der Waals surface area contributed by atoms with E-state index in [2.05, 4.69) is 9.97 Å². The SMILES string of the molecule is Cc1cc(C(=O)N(C)CC2CC(O)C2)nc(Cl)n1. The summed E-state index contributed by atoms with van der Waals surface area (Å²) >= 11 is 5.74. The van der Waals surface area contributed by atoms with Crippen LogP contribution in [0.15, 0.2) is 6.07 Å². The summed E-state index contributed by atoms with van der Waals surface area (Å²) in [6, 6.07) is 1.63. The number of aryl methyl sites for hydroxylation is 1. The number of hydrogen-bond acceptors (Lipinski definition) is 4. The van der Waals surface area contributed by atoms with Gasteiger partial charge in [0.15, 0.2) is 0 Å². The molecule has 2 rings (SSSR count). The van der Waals surface area contributed by atoms with Crippen LogP contribution in [0.4, 0.5) is 0 Å².